The van der Waals surface area contributed by atoms with Crippen molar-refractivity contribution >= 4 is 11.8 Å². The van der Waals surface area contributed by atoms with Gasteiger partial charge in [0, 0.05) is 5.69 Å². The van der Waals surface area contributed by atoms with E-state index in [1.165, 1.54) is 5.56 Å². The van der Waals surface area contributed by atoms with Crippen LogP contribution in [-0.2, 0) is 4.74 Å². The highest BCUT2D eigenvalue weighted by molar-refractivity contribution is 5.84. The van der Waals surface area contributed by atoms with Crippen molar-refractivity contribution in [1.82, 2.24) is 0 Å². The minimum atomic E-state index is -0.515. The van der Waals surface area contributed by atoms with Crippen molar-refractivity contribution in [1.29, 1.82) is 0 Å². The largest absolute Gasteiger partial charge is 0.457 e. The predicted molar refractivity (Wildman–Crippen MR) is 87.6 cm³/mol. The van der Waals surface area contributed by atoms with E-state index in [1.54, 1.807) is 24.3 Å². The SMILES string of the molecule is Cc1ccc(Oc2ccc(NC(=O)OC(C)(C)C)cc2)cc1. The van der Waals surface area contributed by atoms with E-state index in [0.717, 1.165) is 5.75 Å². The zero-order valence-electron chi connectivity index (χ0n) is 13.3. The van der Waals surface area contributed by atoms with Gasteiger partial charge >= 0.3 is 6.09 Å². The van der Waals surface area contributed by atoms with E-state index < -0.39 is 11.7 Å². The van der Waals surface area contributed by atoms with Crippen molar-refractivity contribution in [3.05, 3.63) is 54.1 Å². The molecule has 2 aromatic rings. The fraction of sp³-hybridized carbons (Fsp3) is 0.278. The molecule has 0 spiro atoms. The molecule has 22 heavy (non-hydrogen) atoms. The van der Waals surface area contributed by atoms with Crippen LogP contribution >= 0.6 is 0 Å². The number of carbonyl (C=O) groups excluding carboxylic acids is 1. The molecule has 0 aliphatic rings. The number of hydrogen-bond donors (Lipinski definition) is 1. The van der Waals surface area contributed by atoms with Crippen LogP contribution in [0.15, 0.2) is 48.5 Å². The summed E-state index contributed by atoms with van der Waals surface area (Å²) < 4.78 is 10.9. The first-order valence-corrected chi connectivity index (χ1v) is 7.16. The number of rotatable bonds is 3. The van der Waals surface area contributed by atoms with Crippen LogP contribution in [0.4, 0.5) is 10.5 Å². The van der Waals surface area contributed by atoms with Crippen LogP contribution in [0.3, 0.4) is 0 Å². The van der Waals surface area contributed by atoms with E-state index in [2.05, 4.69) is 5.32 Å². The summed E-state index contributed by atoms with van der Waals surface area (Å²) in [6.45, 7) is 7.50. The van der Waals surface area contributed by atoms with Crippen molar-refractivity contribution in [2.75, 3.05) is 5.32 Å². The molecule has 0 aliphatic heterocycles. The monoisotopic (exact) mass is 299 g/mol. The maximum Gasteiger partial charge on any atom is 0.412 e. The highest BCUT2D eigenvalue weighted by Crippen LogP contribution is 2.23. The van der Waals surface area contributed by atoms with Gasteiger partial charge < -0.3 is 9.47 Å². The molecule has 0 atom stereocenters. The van der Waals surface area contributed by atoms with Crippen molar-refractivity contribution in [2.45, 2.75) is 33.3 Å². The van der Waals surface area contributed by atoms with E-state index >= 15 is 0 Å². The summed E-state index contributed by atoms with van der Waals surface area (Å²) in [7, 11) is 0. The first-order chi connectivity index (χ1) is 10.3. The van der Waals surface area contributed by atoms with Gasteiger partial charge in [-0.05, 0) is 64.1 Å². The molecule has 2 rings (SSSR count). The minimum absolute atomic E-state index is 0.472. The molecule has 0 aliphatic carbocycles. The summed E-state index contributed by atoms with van der Waals surface area (Å²) in [5, 5.41) is 2.68. The van der Waals surface area contributed by atoms with Gasteiger partial charge in [-0.15, -0.1) is 0 Å². The standard InChI is InChI=1S/C18H21NO3/c1-13-5-9-15(10-6-13)21-16-11-7-14(8-12-16)19-17(20)22-18(2,3)4/h5-12H,1-4H3,(H,19,20). The van der Waals surface area contributed by atoms with Crippen molar-refractivity contribution in [2.24, 2.45) is 0 Å². The van der Waals surface area contributed by atoms with E-state index in [9.17, 15) is 4.79 Å². The molecule has 0 heterocycles. The zero-order chi connectivity index (χ0) is 16.2. The summed E-state index contributed by atoms with van der Waals surface area (Å²) in [5.74, 6) is 1.48. The Morgan fingerprint density at radius 3 is 1.91 bits per heavy atom. The van der Waals surface area contributed by atoms with Gasteiger partial charge in [0.25, 0.3) is 0 Å². The lowest BCUT2D eigenvalue weighted by Gasteiger charge is -2.19. The molecule has 1 amide bonds. The van der Waals surface area contributed by atoms with Gasteiger partial charge in [0.2, 0.25) is 0 Å². The number of benzene rings is 2. The molecule has 0 fully saturated rings. The Morgan fingerprint density at radius 1 is 0.909 bits per heavy atom. The lowest BCUT2D eigenvalue weighted by atomic mass is 10.2. The molecule has 4 nitrogen and oxygen atoms in total. The van der Waals surface area contributed by atoms with Crippen LogP contribution in [-0.4, -0.2) is 11.7 Å². The van der Waals surface area contributed by atoms with Gasteiger partial charge in [-0.2, -0.15) is 0 Å². The highest BCUT2D eigenvalue weighted by Gasteiger charge is 2.16. The lowest BCUT2D eigenvalue weighted by Crippen LogP contribution is -2.27. The number of nitrogens with one attached hydrogen (secondary N) is 1. The minimum Gasteiger partial charge on any atom is -0.457 e. The summed E-state index contributed by atoms with van der Waals surface area (Å²) >= 11 is 0. The number of anilines is 1. The molecule has 116 valence electrons. The first kappa shape index (κ1) is 15.9. The normalized spacial score (nSPS) is 10.9. The van der Waals surface area contributed by atoms with E-state index in [4.69, 9.17) is 9.47 Å². The second-order valence-electron chi connectivity index (χ2n) is 6.07. The Morgan fingerprint density at radius 2 is 1.41 bits per heavy atom. The third kappa shape index (κ3) is 5.13. The third-order valence-corrected chi connectivity index (χ3v) is 2.76. The number of carbonyl (C=O) groups is 1. The maximum atomic E-state index is 11.7. The highest BCUT2D eigenvalue weighted by atomic mass is 16.6. The smallest absolute Gasteiger partial charge is 0.412 e. The van der Waals surface area contributed by atoms with Crippen LogP contribution < -0.4 is 10.1 Å². The second-order valence-corrected chi connectivity index (χ2v) is 6.07. The van der Waals surface area contributed by atoms with Crippen molar-refractivity contribution in [3.63, 3.8) is 0 Å². The average molecular weight is 299 g/mol. The van der Waals surface area contributed by atoms with Gasteiger partial charge in [0.05, 0.1) is 0 Å². The van der Waals surface area contributed by atoms with E-state index in [-0.39, 0.29) is 0 Å². The van der Waals surface area contributed by atoms with Crippen LogP contribution in [0, 0.1) is 6.92 Å². The van der Waals surface area contributed by atoms with Gasteiger partial charge in [-0.3, -0.25) is 5.32 Å². The fourth-order valence-electron chi connectivity index (χ4n) is 1.77. The van der Waals surface area contributed by atoms with Gasteiger partial charge in [0.1, 0.15) is 17.1 Å². The number of ether oxygens (including phenoxy) is 2. The lowest BCUT2D eigenvalue weighted by molar-refractivity contribution is 0.0636. The summed E-state index contributed by atoms with van der Waals surface area (Å²) in [6.07, 6.45) is -0.472. The summed E-state index contributed by atoms with van der Waals surface area (Å²) in [5.41, 5.74) is 1.33. The summed E-state index contributed by atoms with van der Waals surface area (Å²) in [6, 6.07) is 15.0. The molecule has 0 bridgehead atoms. The van der Waals surface area contributed by atoms with Crippen LogP contribution in [0.2, 0.25) is 0 Å². The van der Waals surface area contributed by atoms with Crippen molar-refractivity contribution < 1.29 is 14.3 Å². The maximum absolute atomic E-state index is 11.7. The molecular formula is C18H21NO3. The topological polar surface area (TPSA) is 47.6 Å². The number of aryl methyl sites for hydroxylation is 1. The molecule has 0 radical (unpaired) electrons. The first-order valence-electron chi connectivity index (χ1n) is 7.16. The third-order valence-electron chi connectivity index (χ3n) is 2.76. The number of hydrogen-bond acceptors (Lipinski definition) is 3. The van der Waals surface area contributed by atoms with E-state index in [0.29, 0.717) is 11.4 Å². The van der Waals surface area contributed by atoms with Crippen LogP contribution in [0.1, 0.15) is 26.3 Å². The Bertz CT molecular complexity index is 625. The van der Waals surface area contributed by atoms with Crippen LogP contribution in [0.25, 0.3) is 0 Å². The molecule has 2 aromatic carbocycles. The zero-order valence-corrected chi connectivity index (χ0v) is 13.3. The summed E-state index contributed by atoms with van der Waals surface area (Å²) in [4.78, 5) is 11.7. The Balaban J connectivity index is 1.95. The van der Waals surface area contributed by atoms with Gasteiger partial charge in [-0.25, -0.2) is 4.79 Å². The molecule has 1 N–H and O–H groups in total. The molecule has 0 aromatic heterocycles. The molecule has 0 saturated carbocycles. The van der Waals surface area contributed by atoms with Crippen LogP contribution in [0.5, 0.6) is 11.5 Å². The van der Waals surface area contributed by atoms with E-state index in [1.807, 2.05) is 52.0 Å². The fourth-order valence-corrected chi connectivity index (χ4v) is 1.77. The Labute approximate surface area is 131 Å². The Hall–Kier alpha value is -2.49. The van der Waals surface area contributed by atoms with Gasteiger partial charge in [-0.1, -0.05) is 17.7 Å². The van der Waals surface area contributed by atoms with Crippen molar-refractivity contribution in [3.8, 4) is 11.5 Å². The predicted octanol–water partition coefficient (Wildman–Crippen LogP) is 5.13. The second kappa shape index (κ2) is 6.52. The quantitative estimate of drug-likeness (QED) is 0.854. The molecule has 0 unspecified atom stereocenters. The number of amides is 1. The molecule has 4 heteroatoms. The average Bonchev–Trinajstić information content (AvgIpc) is 2.41. The van der Waals surface area contributed by atoms with Gasteiger partial charge in [0.15, 0.2) is 0 Å². The Kier molecular flexibility index (Phi) is 4.71. The molecular weight excluding hydrogens is 278 g/mol. The molecule has 0 saturated heterocycles.